The molecule has 292 valence electrons. The van der Waals surface area contributed by atoms with Crippen LogP contribution in [0.4, 0.5) is 0 Å². The first kappa shape index (κ1) is 41.2. The zero-order valence-corrected chi connectivity index (χ0v) is 32.3. The van der Waals surface area contributed by atoms with E-state index >= 15 is 0 Å². The number of esters is 4. The van der Waals surface area contributed by atoms with Gasteiger partial charge in [-0.2, -0.15) is 0 Å². The molecular weight excluding hydrogens is 693 g/mol. The molecule has 0 unspecified atom stereocenters. The second kappa shape index (κ2) is 21.2. The fourth-order valence-electron chi connectivity index (χ4n) is 8.04. The Kier molecular flexibility index (Phi) is 15.9. The summed E-state index contributed by atoms with van der Waals surface area (Å²) in [6.07, 6.45) is 16.8. The Morgan fingerprint density at radius 1 is 0.600 bits per heavy atom. The van der Waals surface area contributed by atoms with Crippen molar-refractivity contribution in [1.29, 1.82) is 0 Å². The van der Waals surface area contributed by atoms with Crippen LogP contribution in [0.3, 0.4) is 0 Å². The summed E-state index contributed by atoms with van der Waals surface area (Å²) in [7, 11) is 0. The number of aryl methyl sites for hydroxylation is 1. The van der Waals surface area contributed by atoms with E-state index in [0.717, 1.165) is 95.5 Å². The van der Waals surface area contributed by atoms with Crippen molar-refractivity contribution >= 4 is 23.9 Å². The number of ether oxygens (including phenoxy) is 4. The van der Waals surface area contributed by atoms with Crippen LogP contribution in [0.15, 0.2) is 92.0 Å². The minimum absolute atomic E-state index is 0.201. The zero-order chi connectivity index (χ0) is 39.0. The van der Waals surface area contributed by atoms with E-state index in [9.17, 15) is 19.2 Å². The molecular formula is C47H56O8. The second-order valence-corrected chi connectivity index (χ2v) is 15.0. The molecule has 0 aromatic heterocycles. The molecule has 0 saturated heterocycles. The van der Waals surface area contributed by atoms with Crippen molar-refractivity contribution in [3.63, 3.8) is 0 Å². The van der Waals surface area contributed by atoms with Crippen LogP contribution in [0, 0.1) is 11.8 Å². The van der Waals surface area contributed by atoms with Gasteiger partial charge in [0.25, 0.3) is 0 Å². The molecule has 0 radical (unpaired) electrons. The van der Waals surface area contributed by atoms with Crippen LogP contribution >= 0.6 is 0 Å². The number of rotatable bonds is 18. The SMILES string of the molecule is C=CC(=O)OCCC[C@H]1CC[C@H](c2ccc(C(=O)Oc3ccc(CCC)cc3OC(=O)c3ccc([C@H]4CC[C@H](CCCOC(=O)C=C)CC4)cc3)cc2)CC1. The van der Waals surface area contributed by atoms with Crippen LogP contribution in [0.1, 0.15) is 140 Å². The predicted molar refractivity (Wildman–Crippen MR) is 213 cm³/mol. The Balaban J connectivity index is 1.12. The van der Waals surface area contributed by atoms with Gasteiger partial charge in [-0.15, -0.1) is 0 Å². The number of hydrogen-bond acceptors (Lipinski definition) is 8. The molecule has 0 atom stereocenters. The van der Waals surface area contributed by atoms with E-state index in [-0.39, 0.29) is 23.4 Å². The normalized spacial score (nSPS) is 19.4. The summed E-state index contributed by atoms with van der Waals surface area (Å²) in [5.41, 5.74) is 4.29. The Morgan fingerprint density at radius 2 is 1.04 bits per heavy atom. The summed E-state index contributed by atoms with van der Waals surface area (Å²) >= 11 is 0. The topological polar surface area (TPSA) is 105 Å². The van der Waals surface area contributed by atoms with Gasteiger partial charge in [-0.1, -0.05) is 56.8 Å². The fourth-order valence-corrected chi connectivity index (χ4v) is 8.04. The highest BCUT2D eigenvalue weighted by Crippen LogP contribution is 2.39. The summed E-state index contributed by atoms with van der Waals surface area (Å²) in [6, 6.07) is 20.7. The van der Waals surface area contributed by atoms with Gasteiger partial charge in [0, 0.05) is 12.2 Å². The van der Waals surface area contributed by atoms with E-state index in [2.05, 4.69) is 20.1 Å². The van der Waals surface area contributed by atoms with Gasteiger partial charge in [-0.05, 0) is 160 Å². The third kappa shape index (κ3) is 12.5. The lowest BCUT2D eigenvalue weighted by atomic mass is 9.77. The van der Waals surface area contributed by atoms with Crippen molar-refractivity contribution in [2.75, 3.05) is 13.2 Å². The van der Waals surface area contributed by atoms with Gasteiger partial charge in [0.2, 0.25) is 0 Å². The maximum atomic E-state index is 13.4. The van der Waals surface area contributed by atoms with E-state index in [4.69, 9.17) is 18.9 Å². The number of carbonyl (C=O) groups is 4. The summed E-state index contributed by atoms with van der Waals surface area (Å²) < 4.78 is 22.0. The second-order valence-electron chi connectivity index (χ2n) is 15.0. The Bertz CT molecular complexity index is 1740. The average molecular weight is 749 g/mol. The van der Waals surface area contributed by atoms with Crippen LogP contribution in [-0.4, -0.2) is 37.1 Å². The maximum absolute atomic E-state index is 13.4. The average Bonchev–Trinajstić information content (AvgIpc) is 3.22. The molecule has 0 spiro atoms. The Hall–Kier alpha value is -4.98. The molecule has 0 amide bonds. The van der Waals surface area contributed by atoms with E-state index < -0.39 is 11.9 Å². The monoisotopic (exact) mass is 748 g/mol. The molecule has 0 heterocycles. The van der Waals surface area contributed by atoms with Crippen molar-refractivity contribution in [3.8, 4) is 11.5 Å². The third-order valence-corrected chi connectivity index (χ3v) is 11.2. The first-order valence-corrected chi connectivity index (χ1v) is 20.1. The highest BCUT2D eigenvalue weighted by molar-refractivity contribution is 5.93. The summed E-state index contributed by atoms with van der Waals surface area (Å²) in [5.74, 6) is 0.825. The fraction of sp³-hybridized carbons (Fsp3) is 0.447. The Labute approximate surface area is 326 Å². The maximum Gasteiger partial charge on any atom is 0.343 e. The molecule has 0 aliphatic heterocycles. The van der Waals surface area contributed by atoms with Gasteiger partial charge in [-0.3, -0.25) is 0 Å². The molecule has 2 aliphatic rings. The Morgan fingerprint density at radius 3 is 1.45 bits per heavy atom. The first-order chi connectivity index (χ1) is 26.8. The molecule has 2 aliphatic carbocycles. The summed E-state index contributed by atoms with van der Waals surface area (Å²) in [4.78, 5) is 49.2. The number of benzene rings is 3. The van der Waals surface area contributed by atoms with Gasteiger partial charge in [-0.25, -0.2) is 19.2 Å². The van der Waals surface area contributed by atoms with E-state index in [1.165, 1.54) is 23.3 Å². The molecule has 5 rings (SSSR count). The van der Waals surface area contributed by atoms with Gasteiger partial charge in [0.05, 0.1) is 24.3 Å². The minimum Gasteiger partial charge on any atom is -0.463 e. The van der Waals surface area contributed by atoms with Crippen molar-refractivity contribution in [3.05, 3.63) is 120 Å². The lowest BCUT2D eigenvalue weighted by Crippen LogP contribution is -2.15. The highest BCUT2D eigenvalue weighted by Gasteiger charge is 2.25. The van der Waals surface area contributed by atoms with Gasteiger partial charge >= 0.3 is 23.9 Å². The predicted octanol–water partition coefficient (Wildman–Crippen LogP) is 10.6. The molecule has 0 N–H and O–H groups in total. The van der Waals surface area contributed by atoms with E-state index in [1.54, 1.807) is 12.1 Å². The first-order valence-electron chi connectivity index (χ1n) is 20.1. The smallest absolute Gasteiger partial charge is 0.343 e. The van der Waals surface area contributed by atoms with Crippen molar-refractivity contribution < 1.29 is 38.1 Å². The van der Waals surface area contributed by atoms with Crippen LogP contribution in [0.25, 0.3) is 0 Å². The van der Waals surface area contributed by atoms with E-state index in [1.807, 2.05) is 54.6 Å². The number of carbonyl (C=O) groups excluding carboxylic acids is 4. The van der Waals surface area contributed by atoms with Crippen LogP contribution < -0.4 is 9.47 Å². The van der Waals surface area contributed by atoms with Gasteiger partial charge < -0.3 is 18.9 Å². The van der Waals surface area contributed by atoms with Crippen LogP contribution in [-0.2, 0) is 25.5 Å². The van der Waals surface area contributed by atoms with Gasteiger partial charge in [0.15, 0.2) is 11.5 Å². The zero-order valence-electron chi connectivity index (χ0n) is 32.3. The molecule has 8 heteroatoms. The molecule has 55 heavy (non-hydrogen) atoms. The largest absolute Gasteiger partial charge is 0.463 e. The van der Waals surface area contributed by atoms with Gasteiger partial charge in [0.1, 0.15) is 0 Å². The molecule has 8 nitrogen and oxygen atoms in total. The molecule has 3 aromatic carbocycles. The standard InChI is InChI=1S/C47H56O8/c1-4-9-35-16-29-42(54-46(50)40-25-21-38(22-26-40)36-17-12-33(13-18-36)10-7-30-52-44(48)5-2)43(32-35)55-47(51)41-27-23-39(24-28-41)37-19-14-34(15-20-37)11-8-31-53-45(49)6-3/h5-6,16,21-29,32-34,36-37H,2-4,7-15,17-20,30-31H2,1H3/t33-,34-,36-,37-. The minimum atomic E-state index is -0.511. The van der Waals surface area contributed by atoms with E-state index in [0.29, 0.717) is 48.0 Å². The lowest BCUT2D eigenvalue weighted by Gasteiger charge is -2.29. The number of hydrogen-bond donors (Lipinski definition) is 0. The summed E-state index contributed by atoms with van der Waals surface area (Å²) in [6.45, 7) is 9.82. The molecule has 2 fully saturated rings. The van der Waals surface area contributed by atoms with Crippen molar-refractivity contribution in [2.45, 2.75) is 109 Å². The van der Waals surface area contributed by atoms with Crippen molar-refractivity contribution in [1.82, 2.24) is 0 Å². The van der Waals surface area contributed by atoms with Crippen molar-refractivity contribution in [2.24, 2.45) is 11.8 Å². The quantitative estimate of drug-likeness (QED) is 0.0548. The molecule has 0 bridgehead atoms. The highest BCUT2D eigenvalue weighted by atomic mass is 16.6. The summed E-state index contributed by atoms with van der Waals surface area (Å²) in [5, 5.41) is 0. The third-order valence-electron chi connectivity index (χ3n) is 11.2. The van der Waals surface area contributed by atoms with Crippen LogP contribution in [0.2, 0.25) is 0 Å². The lowest BCUT2D eigenvalue weighted by molar-refractivity contribution is -0.138. The van der Waals surface area contributed by atoms with Crippen LogP contribution in [0.5, 0.6) is 11.5 Å². The molecule has 2 saturated carbocycles. The molecule has 3 aromatic rings.